The summed E-state index contributed by atoms with van der Waals surface area (Å²) in [7, 11) is 0. The van der Waals surface area contributed by atoms with Crippen LogP contribution in [0, 0.1) is 5.92 Å². The number of piperidine rings is 1. The first kappa shape index (κ1) is 11.9. The van der Waals surface area contributed by atoms with Crippen LogP contribution < -0.4 is 0 Å². The molecule has 16 heavy (non-hydrogen) atoms. The van der Waals surface area contributed by atoms with Crippen LogP contribution in [-0.2, 0) is 4.79 Å². The lowest BCUT2D eigenvalue weighted by Crippen LogP contribution is -2.51. The quantitative estimate of drug-likeness (QED) is 0.677. The van der Waals surface area contributed by atoms with Crippen LogP contribution in [0.25, 0.3) is 0 Å². The van der Waals surface area contributed by atoms with Gasteiger partial charge in [0.15, 0.2) is 0 Å². The predicted octanol–water partition coefficient (Wildman–Crippen LogP) is 1.73. The van der Waals surface area contributed by atoms with Crippen molar-refractivity contribution in [2.24, 2.45) is 5.92 Å². The maximum Gasteiger partial charge on any atom is 0.225 e. The van der Waals surface area contributed by atoms with Crippen LogP contribution in [-0.4, -0.2) is 47.4 Å². The largest absolute Gasteiger partial charge is 0.342 e. The molecule has 92 valence electrons. The van der Waals surface area contributed by atoms with Gasteiger partial charge in [-0.25, -0.2) is 0 Å². The van der Waals surface area contributed by atoms with Gasteiger partial charge in [-0.2, -0.15) is 0 Å². The summed E-state index contributed by atoms with van der Waals surface area (Å²) in [6, 6.07) is 0. The van der Waals surface area contributed by atoms with E-state index in [4.69, 9.17) is 0 Å². The monoisotopic (exact) mass is 224 g/mol. The van der Waals surface area contributed by atoms with E-state index in [1.807, 2.05) is 4.90 Å². The number of carbonyl (C=O) groups excluding carboxylic acids is 1. The van der Waals surface area contributed by atoms with E-state index in [2.05, 4.69) is 25.7 Å². The highest BCUT2D eigenvalue weighted by molar-refractivity contribution is 5.79. The van der Waals surface area contributed by atoms with Gasteiger partial charge < -0.3 is 4.90 Å². The van der Waals surface area contributed by atoms with E-state index >= 15 is 0 Å². The van der Waals surface area contributed by atoms with Gasteiger partial charge in [-0.15, -0.1) is 0 Å². The summed E-state index contributed by atoms with van der Waals surface area (Å²) in [5.41, 5.74) is 0.255. The van der Waals surface area contributed by atoms with Gasteiger partial charge in [0, 0.05) is 24.5 Å². The Hall–Kier alpha value is -0.570. The molecule has 0 bridgehead atoms. The molecule has 0 aromatic rings. The van der Waals surface area contributed by atoms with E-state index in [1.165, 1.54) is 6.42 Å². The molecule has 2 aliphatic rings. The van der Waals surface area contributed by atoms with Gasteiger partial charge in [-0.1, -0.05) is 0 Å². The molecule has 0 aliphatic carbocycles. The molecule has 2 saturated heterocycles. The number of carbonyl (C=O) groups is 1. The normalized spacial score (nSPS) is 24.3. The minimum Gasteiger partial charge on any atom is -0.342 e. The van der Waals surface area contributed by atoms with E-state index < -0.39 is 0 Å². The molecule has 3 heteroatoms. The van der Waals surface area contributed by atoms with Gasteiger partial charge in [-0.05, 0) is 53.1 Å². The summed E-state index contributed by atoms with van der Waals surface area (Å²) < 4.78 is 0. The number of rotatable bonds is 1. The van der Waals surface area contributed by atoms with Crippen LogP contribution in [0.4, 0.5) is 0 Å². The van der Waals surface area contributed by atoms with Crippen molar-refractivity contribution in [1.29, 1.82) is 0 Å². The first-order valence-electron chi connectivity index (χ1n) is 6.52. The highest BCUT2D eigenvalue weighted by atomic mass is 16.2. The summed E-state index contributed by atoms with van der Waals surface area (Å²) in [4.78, 5) is 16.6. The van der Waals surface area contributed by atoms with Gasteiger partial charge >= 0.3 is 0 Å². The van der Waals surface area contributed by atoms with Gasteiger partial charge in [-0.3, -0.25) is 9.69 Å². The molecule has 2 aliphatic heterocycles. The van der Waals surface area contributed by atoms with Gasteiger partial charge in [0.2, 0.25) is 5.91 Å². The van der Waals surface area contributed by atoms with Gasteiger partial charge in [0.1, 0.15) is 0 Å². The average Bonchev–Trinajstić information content (AvgIpc) is 2.14. The fraction of sp³-hybridized carbons (Fsp3) is 0.923. The minimum atomic E-state index is 0.255. The van der Waals surface area contributed by atoms with Crippen LogP contribution in [0.5, 0.6) is 0 Å². The topological polar surface area (TPSA) is 23.6 Å². The molecular weight excluding hydrogens is 200 g/mol. The van der Waals surface area contributed by atoms with Crippen molar-refractivity contribution < 1.29 is 4.79 Å². The Morgan fingerprint density at radius 2 is 1.62 bits per heavy atom. The van der Waals surface area contributed by atoms with Gasteiger partial charge in [0.05, 0.1) is 0 Å². The summed E-state index contributed by atoms with van der Waals surface area (Å²) >= 11 is 0. The van der Waals surface area contributed by atoms with Crippen molar-refractivity contribution >= 4 is 5.91 Å². The van der Waals surface area contributed by atoms with Crippen LogP contribution >= 0.6 is 0 Å². The molecule has 1 amide bonds. The zero-order chi connectivity index (χ0) is 11.8. The molecule has 0 aromatic heterocycles. The smallest absolute Gasteiger partial charge is 0.225 e. The maximum absolute atomic E-state index is 12.0. The Morgan fingerprint density at radius 1 is 1.06 bits per heavy atom. The van der Waals surface area contributed by atoms with Crippen molar-refractivity contribution in [3.8, 4) is 0 Å². The van der Waals surface area contributed by atoms with Crippen molar-refractivity contribution in [3.63, 3.8) is 0 Å². The Balaban J connectivity index is 1.82. The second-order valence-electron chi connectivity index (χ2n) is 6.11. The van der Waals surface area contributed by atoms with Crippen LogP contribution in [0.3, 0.4) is 0 Å². The number of hydrogen-bond donors (Lipinski definition) is 0. The fourth-order valence-electron chi connectivity index (χ4n) is 2.59. The Kier molecular flexibility index (Phi) is 3.24. The highest BCUT2D eigenvalue weighted by Crippen LogP contribution is 2.26. The molecule has 2 rings (SSSR count). The minimum absolute atomic E-state index is 0.255. The molecule has 0 spiro atoms. The molecule has 0 atom stereocenters. The summed E-state index contributed by atoms with van der Waals surface area (Å²) in [6.45, 7) is 10.9. The van der Waals surface area contributed by atoms with E-state index in [0.29, 0.717) is 11.8 Å². The number of likely N-dealkylation sites (tertiary alicyclic amines) is 2. The fourth-order valence-corrected chi connectivity index (χ4v) is 2.59. The number of hydrogen-bond acceptors (Lipinski definition) is 2. The van der Waals surface area contributed by atoms with Crippen molar-refractivity contribution in [3.05, 3.63) is 0 Å². The third kappa shape index (κ3) is 2.40. The Morgan fingerprint density at radius 3 is 2.00 bits per heavy atom. The maximum atomic E-state index is 12.0. The number of amides is 1. The second-order valence-corrected chi connectivity index (χ2v) is 6.11. The molecule has 0 unspecified atom stereocenters. The lowest BCUT2D eigenvalue weighted by atomic mass is 9.91. The first-order chi connectivity index (χ1) is 7.48. The van der Waals surface area contributed by atoms with E-state index in [0.717, 1.165) is 39.0 Å². The second kappa shape index (κ2) is 4.36. The van der Waals surface area contributed by atoms with Crippen molar-refractivity contribution in [2.45, 2.75) is 45.6 Å². The molecule has 0 radical (unpaired) electrons. The van der Waals surface area contributed by atoms with Crippen LogP contribution in [0.15, 0.2) is 0 Å². The van der Waals surface area contributed by atoms with Crippen LogP contribution in [0.2, 0.25) is 0 Å². The number of nitrogens with zero attached hydrogens (tertiary/aromatic N) is 2. The van der Waals surface area contributed by atoms with Gasteiger partial charge in [0.25, 0.3) is 0 Å². The van der Waals surface area contributed by atoms with E-state index in [-0.39, 0.29) is 5.54 Å². The summed E-state index contributed by atoms with van der Waals surface area (Å²) in [5.74, 6) is 0.721. The van der Waals surface area contributed by atoms with Crippen molar-refractivity contribution in [2.75, 3.05) is 26.2 Å². The zero-order valence-electron chi connectivity index (χ0n) is 10.8. The van der Waals surface area contributed by atoms with Crippen molar-refractivity contribution in [1.82, 2.24) is 9.80 Å². The lowest BCUT2D eigenvalue weighted by Gasteiger charge is -2.42. The first-order valence-corrected chi connectivity index (χ1v) is 6.52. The summed E-state index contributed by atoms with van der Waals surface area (Å²) in [5, 5.41) is 0. The Labute approximate surface area is 98.8 Å². The molecule has 0 saturated carbocycles. The molecule has 2 fully saturated rings. The standard InChI is InChI=1S/C13H24N2O/c1-13(2,3)15-9-5-11(6-10-15)12(16)14-7-4-8-14/h11H,4-10H2,1-3H3. The lowest BCUT2D eigenvalue weighted by molar-refractivity contribution is -0.141. The SMILES string of the molecule is CC(C)(C)N1CCC(C(=O)N2CCC2)CC1. The third-order valence-corrected chi connectivity index (χ3v) is 3.96. The van der Waals surface area contributed by atoms with E-state index in [9.17, 15) is 4.79 Å². The van der Waals surface area contributed by atoms with E-state index in [1.54, 1.807) is 0 Å². The molecule has 0 aromatic carbocycles. The molecular formula is C13H24N2O. The predicted molar refractivity (Wildman–Crippen MR) is 65.2 cm³/mol. The summed E-state index contributed by atoms with van der Waals surface area (Å²) in [6.07, 6.45) is 3.30. The Bertz CT molecular complexity index is 258. The van der Waals surface area contributed by atoms with Crippen LogP contribution in [0.1, 0.15) is 40.0 Å². The molecule has 3 nitrogen and oxygen atoms in total. The molecule has 2 heterocycles. The average molecular weight is 224 g/mol. The third-order valence-electron chi connectivity index (χ3n) is 3.96. The molecule has 0 N–H and O–H groups in total. The highest BCUT2D eigenvalue weighted by Gasteiger charge is 2.33. The zero-order valence-corrected chi connectivity index (χ0v) is 10.8.